The van der Waals surface area contributed by atoms with Crippen molar-refractivity contribution in [2.45, 2.75) is 92.2 Å². The van der Waals surface area contributed by atoms with Gasteiger partial charge in [-0.05, 0) is 61.3 Å². The maximum absolute atomic E-state index is 11.6. The number of nitrogens with one attached hydrogen (secondary N) is 2. The highest BCUT2D eigenvalue weighted by molar-refractivity contribution is 5.88. The van der Waals surface area contributed by atoms with E-state index in [1.807, 2.05) is 0 Å². The summed E-state index contributed by atoms with van der Waals surface area (Å²) < 4.78 is 7.04. The second-order valence-electron chi connectivity index (χ2n) is 12.0. The van der Waals surface area contributed by atoms with Crippen LogP contribution in [-0.4, -0.2) is 35.7 Å². The van der Waals surface area contributed by atoms with Crippen LogP contribution in [0.2, 0.25) is 0 Å². The molecule has 2 aliphatic rings. The molecule has 2 N–H and O–H groups in total. The van der Waals surface area contributed by atoms with Gasteiger partial charge in [0.25, 0.3) is 0 Å². The molecule has 1 atom stereocenters. The van der Waals surface area contributed by atoms with Crippen LogP contribution in [0, 0.1) is 23.2 Å². The Morgan fingerprint density at radius 3 is 2.47 bits per heavy atom. The van der Waals surface area contributed by atoms with Crippen LogP contribution in [0.15, 0.2) is 15.9 Å². The number of hydrogen-bond donors (Lipinski definition) is 2. The molecule has 194 valence electrons. The third-order valence-electron chi connectivity index (χ3n) is 8.23. The van der Waals surface area contributed by atoms with Crippen molar-refractivity contribution in [3.63, 3.8) is 0 Å². The average Bonchev–Trinajstić information content (AvgIpc) is 3.36. The third kappa shape index (κ3) is 4.84. The number of anilines is 1. The Bertz CT molecular complexity index is 1300. The predicted octanol–water partition coefficient (Wildman–Crippen LogP) is 5.66. The monoisotopic (exact) mass is 493 g/mol. The van der Waals surface area contributed by atoms with Crippen LogP contribution in [0.1, 0.15) is 85.4 Å². The van der Waals surface area contributed by atoms with E-state index in [0.29, 0.717) is 23.3 Å². The quantitative estimate of drug-likeness (QED) is 0.437. The lowest BCUT2D eigenvalue weighted by atomic mass is 9.80. The summed E-state index contributed by atoms with van der Waals surface area (Å²) >= 11 is 0. The largest absolute Gasteiger partial charge is 0.439 e. The van der Waals surface area contributed by atoms with Crippen molar-refractivity contribution in [3.05, 3.63) is 23.0 Å². The molecule has 5 rings (SSSR count). The topological polar surface area (TPSA) is 115 Å². The van der Waals surface area contributed by atoms with Crippen LogP contribution in [0.5, 0.6) is 0 Å². The van der Waals surface area contributed by atoms with Crippen molar-refractivity contribution < 1.29 is 4.52 Å². The molecule has 2 fully saturated rings. The fourth-order valence-corrected chi connectivity index (χ4v) is 5.36. The lowest BCUT2D eigenvalue weighted by molar-refractivity contribution is 0.265. The van der Waals surface area contributed by atoms with E-state index in [0.717, 1.165) is 35.2 Å². The molecule has 0 bridgehead atoms. The van der Waals surface area contributed by atoms with E-state index in [1.165, 1.54) is 44.9 Å². The predicted molar refractivity (Wildman–Crippen MR) is 141 cm³/mol. The van der Waals surface area contributed by atoms with Gasteiger partial charge in [0.2, 0.25) is 11.6 Å². The smallest absolute Gasteiger partial charge is 0.365 e. The van der Waals surface area contributed by atoms with E-state index in [-0.39, 0.29) is 17.3 Å². The van der Waals surface area contributed by atoms with E-state index < -0.39 is 5.76 Å². The van der Waals surface area contributed by atoms with Crippen LogP contribution < -0.4 is 11.1 Å². The van der Waals surface area contributed by atoms with E-state index in [1.54, 1.807) is 0 Å². The second kappa shape index (κ2) is 9.48. The molecule has 9 heteroatoms. The normalized spacial score (nSPS) is 21.9. The van der Waals surface area contributed by atoms with Gasteiger partial charge in [-0.1, -0.05) is 58.7 Å². The van der Waals surface area contributed by atoms with E-state index >= 15 is 0 Å². The molecular weight excluding hydrogens is 454 g/mol. The van der Waals surface area contributed by atoms with E-state index in [9.17, 15) is 4.79 Å². The molecule has 9 nitrogen and oxygen atoms in total. The Labute approximate surface area is 212 Å². The van der Waals surface area contributed by atoms with Crippen LogP contribution in [0.4, 0.5) is 5.82 Å². The lowest BCUT2D eigenvalue weighted by Gasteiger charge is -2.32. The van der Waals surface area contributed by atoms with E-state index in [4.69, 9.17) is 19.5 Å². The fourth-order valence-electron chi connectivity index (χ4n) is 5.36. The summed E-state index contributed by atoms with van der Waals surface area (Å²) in [7, 11) is 0. The van der Waals surface area contributed by atoms with E-state index in [2.05, 4.69) is 61.2 Å². The first-order chi connectivity index (χ1) is 17.1. The Morgan fingerprint density at radius 2 is 1.89 bits per heavy atom. The fraction of sp³-hybridized carbons (Fsp3) is 0.667. The Hall–Kier alpha value is -2.97. The maximum atomic E-state index is 11.6. The zero-order valence-corrected chi connectivity index (χ0v) is 22.2. The number of fused-ring (bicyclic) bond motifs is 1. The van der Waals surface area contributed by atoms with Gasteiger partial charge in [-0.2, -0.15) is 0 Å². The number of aromatic amines is 1. The van der Waals surface area contributed by atoms with Gasteiger partial charge in [0.15, 0.2) is 11.5 Å². The summed E-state index contributed by atoms with van der Waals surface area (Å²) in [5.41, 5.74) is 2.30. The van der Waals surface area contributed by atoms with Gasteiger partial charge < -0.3 is 9.88 Å². The summed E-state index contributed by atoms with van der Waals surface area (Å²) in [6, 6.07) is 0.259. The Morgan fingerprint density at radius 1 is 1.17 bits per heavy atom. The number of imidazole rings is 1. The molecule has 3 aromatic heterocycles. The molecule has 3 aromatic rings. The highest BCUT2D eigenvalue weighted by Crippen LogP contribution is 2.38. The van der Waals surface area contributed by atoms with Gasteiger partial charge >= 0.3 is 5.76 Å². The number of nitrogens with zero attached hydrogens (tertiary/aromatic N) is 5. The number of H-pyrrole nitrogens is 1. The number of allylic oxidation sites excluding steroid dienone is 1. The maximum Gasteiger partial charge on any atom is 0.439 e. The van der Waals surface area contributed by atoms with Crippen molar-refractivity contribution >= 4 is 22.6 Å². The first-order valence-corrected chi connectivity index (χ1v) is 13.4. The molecule has 2 saturated carbocycles. The number of aromatic nitrogens is 6. The number of hydrogen-bond acceptors (Lipinski definition) is 7. The van der Waals surface area contributed by atoms with Crippen molar-refractivity contribution in [3.8, 4) is 11.6 Å². The molecule has 0 aromatic carbocycles. The van der Waals surface area contributed by atoms with Crippen LogP contribution in [0.3, 0.4) is 0 Å². The molecule has 3 heterocycles. The summed E-state index contributed by atoms with van der Waals surface area (Å²) in [5, 5.41) is 7.52. The van der Waals surface area contributed by atoms with Crippen molar-refractivity contribution in [1.82, 2.24) is 29.7 Å². The van der Waals surface area contributed by atoms with Crippen molar-refractivity contribution in [2.24, 2.45) is 23.2 Å². The summed E-state index contributed by atoms with van der Waals surface area (Å²) in [4.78, 5) is 28.8. The highest BCUT2D eigenvalue weighted by atomic mass is 16.5. The Balaban J connectivity index is 1.66. The molecule has 0 spiro atoms. The Kier molecular flexibility index (Phi) is 6.51. The lowest BCUT2D eigenvalue weighted by Crippen LogP contribution is -2.31. The first kappa shape index (κ1) is 24.7. The molecule has 0 radical (unpaired) electrons. The minimum Gasteiger partial charge on any atom is -0.365 e. The SMILES string of the molecule is C=C(c1nc2nc(-c3noc(=O)[nH]3)nc(NC(C)C3CCC3)c2n1CC1CCC(C)CC1)C(C)(C)C. The molecule has 2 aliphatic carbocycles. The first-order valence-electron chi connectivity index (χ1n) is 13.4. The van der Waals surface area contributed by atoms with Gasteiger partial charge in [0, 0.05) is 12.6 Å². The minimum atomic E-state index is -0.634. The molecule has 0 aliphatic heterocycles. The van der Waals surface area contributed by atoms with Gasteiger partial charge in [0.05, 0.1) is 0 Å². The van der Waals surface area contributed by atoms with Crippen LogP contribution in [-0.2, 0) is 6.54 Å². The molecule has 0 saturated heterocycles. The molecule has 0 amide bonds. The van der Waals surface area contributed by atoms with Gasteiger partial charge in [-0.15, -0.1) is 0 Å². The molecule has 1 unspecified atom stereocenters. The van der Waals surface area contributed by atoms with Crippen LogP contribution >= 0.6 is 0 Å². The standard InChI is InChI=1S/C27H39N7O2/c1-15-10-12-18(13-11-15)14-34-20-21(28-17(3)19-8-7-9-19)29-23(24-32-26(35)36-33-24)30-22(20)31-25(34)16(2)27(4,5)6/h15,17-19H,2,7-14H2,1,3-6H3,(H,28,29,30)(H,32,33,35). The molecular formula is C27H39N7O2. The van der Waals surface area contributed by atoms with Crippen molar-refractivity contribution in [1.29, 1.82) is 0 Å². The highest BCUT2D eigenvalue weighted by Gasteiger charge is 2.30. The van der Waals surface area contributed by atoms with Gasteiger partial charge in [-0.25, -0.2) is 19.7 Å². The zero-order valence-electron chi connectivity index (χ0n) is 22.2. The summed E-state index contributed by atoms with van der Waals surface area (Å²) in [5.74, 6) is 3.43. The summed E-state index contributed by atoms with van der Waals surface area (Å²) in [6.45, 7) is 16.4. The molecule has 36 heavy (non-hydrogen) atoms. The van der Waals surface area contributed by atoms with Crippen molar-refractivity contribution in [2.75, 3.05) is 5.32 Å². The second-order valence-corrected chi connectivity index (χ2v) is 12.0. The van der Waals surface area contributed by atoms with Gasteiger partial charge in [0.1, 0.15) is 11.3 Å². The van der Waals surface area contributed by atoms with Crippen LogP contribution in [0.25, 0.3) is 28.4 Å². The summed E-state index contributed by atoms with van der Waals surface area (Å²) in [6.07, 6.45) is 8.66. The van der Waals surface area contributed by atoms with Gasteiger partial charge in [-0.3, -0.25) is 9.51 Å². The zero-order chi connectivity index (χ0) is 25.6. The third-order valence-corrected chi connectivity index (χ3v) is 8.23. The minimum absolute atomic E-state index is 0.152. The average molecular weight is 494 g/mol. The number of rotatable bonds is 7.